The molecule has 0 bridgehead atoms. The number of benzene rings is 2. The summed E-state index contributed by atoms with van der Waals surface area (Å²) in [5, 5.41) is 33.1. The molecule has 0 aromatic heterocycles. The van der Waals surface area contributed by atoms with Crippen molar-refractivity contribution >= 4 is 44.8 Å². The van der Waals surface area contributed by atoms with Gasteiger partial charge in [0, 0.05) is 57.4 Å². The zero-order chi connectivity index (χ0) is 32.3. The average Bonchev–Trinajstić information content (AvgIpc) is 2.89. The largest absolute Gasteiger partial charge is 0.480 e. The lowest BCUT2D eigenvalue weighted by atomic mass is 9.63. The first-order chi connectivity index (χ1) is 20.5. The number of halogens is 1. The van der Waals surface area contributed by atoms with E-state index in [0.29, 0.717) is 45.4 Å². The second-order valence-corrected chi connectivity index (χ2v) is 13.9. The number of non-ortho nitro benzene ring substituents is 1. The van der Waals surface area contributed by atoms with Gasteiger partial charge in [0.05, 0.1) is 15.9 Å². The fraction of sp³-hybridized carbons (Fsp3) is 0.387. The van der Waals surface area contributed by atoms with E-state index >= 15 is 0 Å². The molecule has 44 heavy (non-hydrogen) atoms. The van der Waals surface area contributed by atoms with Gasteiger partial charge in [-0.3, -0.25) is 34.6 Å². The van der Waals surface area contributed by atoms with Gasteiger partial charge in [0.2, 0.25) is 5.75 Å². The molecule has 1 heterocycles. The SMILES string of the molecule is CC1(C)CC(=O)C2=C(C1)N(CC(=O)O)C1=C(C(=O)CC(C)(C)C1)C2c1cc(Br)ccc1Oc1ccc([N+](=O)[O-])cc1[N+](=O)[O-]. The number of carbonyl (C=O) groups is 3. The quantitative estimate of drug-likeness (QED) is 0.244. The Morgan fingerprint density at radius 2 is 1.45 bits per heavy atom. The Kier molecular flexibility index (Phi) is 7.73. The molecule has 230 valence electrons. The van der Waals surface area contributed by atoms with E-state index in [1.54, 1.807) is 23.1 Å². The van der Waals surface area contributed by atoms with Gasteiger partial charge in [0.25, 0.3) is 5.69 Å². The number of nitro groups is 2. The van der Waals surface area contributed by atoms with Crippen molar-refractivity contribution in [2.45, 2.75) is 59.3 Å². The van der Waals surface area contributed by atoms with Crippen molar-refractivity contribution < 1.29 is 34.1 Å². The summed E-state index contributed by atoms with van der Waals surface area (Å²) in [5.74, 6) is -2.65. The number of aliphatic carboxylic acids is 1. The van der Waals surface area contributed by atoms with Crippen LogP contribution in [0.15, 0.2) is 63.4 Å². The van der Waals surface area contributed by atoms with E-state index in [1.807, 2.05) is 27.7 Å². The Morgan fingerprint density at radius 3 is 1.95 bits per heavy atom. The molecule has 0 saturated heterocycles. The Hall–Kier alpha value is -4.39. The number of ether oxygens (including phenoxy) is 1. The molecule has 0 unspecified atom stereocenters. The first-order valence-corrected chi connectivity index (χ1v) is 14.7. The van der Waals surface area contributed by atoms with Crippen LogP contribution in [0.3, 0.4) is 0 Å². The maximum atomic E-state index is 14.0. The third-order valence-electron chi connectivity index (χ3n) is 8.17. The van der Waals surface area contributed by atoms with Crippen LogP contribution in [0.4, 0.5) is 11.4 Å². The summed E-state index contributed by atoms with van der Waals surface area (Å²) in [7, 11) is 0. The molecule has 0 saturated carbocycles. The van der Waals surface area contributed by atoms with E-state index in [2.05, 4.69) is 15.9 Å². The highest BCUT2D eigenvalue weighted by Crippen LogP contribution is 2.56. The first kappa shape index (κ1) is 31.0. The third-order valence-corrected chi connectivity index (χ3v) is 8.66. The topological polar surface area (TPSA) is 170 Å². The van der Waals surface area contributed by atoms with E-state index in [9.17, 15) is 39.7 Å². The Balaban J connectivity index is 1.77. The fourth-order valence-electron chi connectivity index (χ4n) is 6.49. The fourth-order valence-corrected chi connectivity index (χ4v) is 6.87. The van der Waals surface area contributed by atoms with Gasteiger partial charge in [-0.2, -0.15) is 0 Å². The molecule has 0 radical (unpaired) electrons. The van der Waals surface area contributed by atoms with Crippen LogP contribution in [-0.2, 0) is 14.4 Å². The summed E-state index contributed by atoms with van der Waals surface area (Å²) in [6.07, 6.45) is 1.12. The molecule has 0 spiro atoms. The summed E-state index contributed by atoms with van der Waals surface area (Å²) in [4.78, 5) is 63.4. The minimum atomic E-state index is -1.11. The van der Waals surface area contributed by atoms with Crippen LogP contribution in [0.2, 0.25) is 0 Å². The monoisotopic (exact) mass is 667 g/mol. The van der Waals surface area contributed by atoms with Crippen molar-refractivity contribution in [3.05, 3.63) is 89.2 Å². The number of rotatable bonds is 7. The van der Waals surface area contributed by atoms with Crippen LogP contribution in [0.25, 0.3) is 0 Å². The highest BCUT2D eigenvalue weighted by atomic mass is 79.9. The predicted octanol–water partition coefficient (Wildman–Crippen LogP) is 6.83. The smallest absolute Gasteiger partial charge is 0.323 e. The number of carbonyl (C=O) groups excluding carboxylic acids is 2. The zero-order valence-electron chi connectivity index (χ0n) is 24.5. The summed E-state index contributed by atoms with van der Waals surface area (Å²) >= 11 is 3.47. The summed E-state index contributed by atoms with van der Waals surface area (Å²) in [6.45, 7) is 7.31. The Labute approximate surface area is 260 Å². The van der Waals surface area contributed by atoms with Crippen LogP contribution in [0, 0.1) is 31.1 Å². The molecule has 12 nitrogen and oxygen atoms in total. The molecule has 0 amide bonds. The van der Waals surface area contributed by atoms with Crippen LogP contribution >= 0.6 is 15.9 Å². The normalized spacial score (nSPS) is 19.4. The number of carboxylic acids is 1. The second kappa shape index (κ2) is 11.0. The lowest BCUT2D eigenvalue weighted by molar-refractivity contribution is -0.394. The second-order valence-electron chi connectivity index (χ2n) is 13.0. The molecular formula is C31H30BrN3O9. The van der Waals surface area contributed by atoms with Gasteiger partial charge in [-0.15, -0.1) is 0 Å². The number of ketones is 2. The number of Topliss-reactive ketones (excluding diaryl/α,β-unsaturated/α-hetero) is 2. The van der Waals surface area contributed by atoms with Crippen LogP contribution in [0.1, 0.15) is 64.9 Å². The minimum Gasteiger partial charge on any atom is -0.480 e. The molecule has 2 aliphatic carbocycles. The lowest BCUT2D eigenvalue weighted by Crippen LogP contribution is -2.45. The Bertz CT molecular complexity index is 1670. The maximum absolute atomic E-state index is 14.0. The van der Waals surface area contributed by atoms with E-state index in [0.717, 1.165) is 18.2 Å². The van der Waals surface area contributed by atoms with Gasteiger partial charge in [-0.05, 0) is 47.9 Å². The van der Waals surface area contributed by atoms with Crippen LogP contribution < -0.4 is 4.74 Å². The van der Waals surface area contributed by atoms with Crippen molar-refractivity contribution in [1.29, 1.82) is 0 Å². The van der Waals surface area contributed by atoms with Gasteiger partial charge in [-0.1, -0.05) is 43.6 Å². The highest BCUT2D eigenvalue weighted by molar-refractivity contribution is 9.10. The van der Waals surface area contributed by atoms with Crippen molar-refractivity contribution in [2.75, 3.05) is 6.54 Å². The minimum absolute atomic E-state index is 0.107. The Morgan fingerprint density at radius 1 is 0.909 bits per heavy atom. The molecule has 1 aliphatic heterocycles. The van der Waals surface area contributed by atoms with Gasteiger partial charge < -0.3 is 14.7 Å². The van der Waals surface area contributed by atoms with Gasteiger partial charge >= 0.3 is 11.7 Å². The first-order valence-electron chi connectivity index (χ1n) is 13.9. The van der Waals surface area contributed by atoms with Crippen molar-refractivity contribution in [3.8, 4) is 11.5 Å². The van der Waals surface area contributed by atoms with Gasteiger partial charge in [0.1, 0.15) is 12.3 Å². The molecule has 2 aromatic rings. The molecule has 1 N–H and O–H groups in total. The maximum Gasteiger partial charge on any atom is 0.323 e. The number of nitro benzene ring substituents is 2. The number of carboxylic acid groups (broad SMARTS) is 1. The van der Waals surface area contributed by atoms with E-state index < -0.39 is 50.5 Å². The third kappa shape index (κ3) is 5.75. The molecule has 5 rings (SSSR count). The van der Waals surface area contributed by atoms with Gasteiger partial charge in [-0.25, -0.2) is 0 Å². The molecule has 13 heteroatoms. The lowest BCUT2D eigenvalue weighted by Gasteiger charge is -2.48. The molecule has 0 atom stereocenters. The highest BCUT2D eigenvalue weighted by Gasteiger charge is 2.50. The molecule has 0 fully saturated rings. The number of hydrogen-bond donors (Lipinski definition) is 1. The molecule has 2 aromatic carbocycles. The van der Waals surface area contributed by atoms with Crippen LogP contribution in [-0.4, -0.2) is 43.9 Å². The van der Waals surface area contributed by atoms with Crippen molar-refractivity contribution in [3.63, 3.8) is 0 Å². The van der Waals surface area contributed by atoms with E-state index in [1.165, 1.54) is 0 Å². The van der Waals surface area contributed by atoms with E-state index in [4.69, 9.17) is 4.74 Å². The standard InChI is InChI=1S/C31H30BrN3O9/c1-30(2)11-20-28(22(36)13-30)27(29-21(33(20)15-26(38)39)12-31(3,4)14-23(29)37)18-9-16(32)5-7-24(18)44-25-8-6-17(34(40)41)10-19(25)35(42)43/h5-10,27H,11-15H2,1-4H3,(H,38,39). The van der Waals surface area contributed by atoms with Crippen molar-refractivity contribution in [2.24, 2.45) is 10.8 Å². The number of hydrogen-bond acceptors (Lipinski definition) is 9. The average molecular weight is 668 g/mol. The predicted molar refractivity (Wildman–Crippen MR) is 161 cm³/mol. The zero-order valence-corrected chi connectivity index (χ0v) is 26.1. The molecule has 3 aliphatic rings. The van der Waals surface area contributed by atoms with Crippen molar-refractivity contribution in [1.82, 2.24) is 4.90 Å². The van der Waals surface area contributed by atoms with Crippen LogP contribution in [0.5, 0.6) is 11.5 Å². The number of allylic oxidation sites excluding steroid dienone is 4. The summed E-state index contributed by atoms with van der Waals surface area (Å²) in [6, 6.07) is 7.89. The summed E-state index contributed by atoms with van der Waals surface area (Å²) < 4.78 is 6.67. The van der Waals surface area contributed by atoms with E-state index in [-0.39, 0.29) is 35.9 Å². The molecular weight excluding hydrogens is 638 g/mol. The number of nitrogens with zero attached hydrogens (tertiary/aromatic N) is 3. The summed E-state index contributed by atoms with van der Waals surface area (Å²) in [5.41, 5.74) is 0.000668. The van der Waals surface area contributed by atoms with Gasteiger partial charge in [0.15, 0.2) is 11.6 Å².